The lowest BCUT2D eigenvalue weighted by Crippen LogP contribution is -1.84. The van der Waals surface area contributed by atoms with Crippen molar-refractivity contribution < 1.29 is 0 Å². The van der Waals surface area contributed by atoms with Gasteiger partial charge in [0.05, 0.1) is 6.20 Å². The van der Waals surface area contributed by atoms with Crippen LogP contribution in [0.15, 0.2) is 12.1 Å². The van der Waals surface area contributed by atoms with Gasteiger partial charge in [0.1, 0.15) is 5.82 Å². The van der Waals surface area contributed by atoms with Gasteiger partial charge in [-0.25, -0.2) is 0 Å². The second-order valence-corrected chi connectivity index (χ2v) is 1.27. The summed E-state index contributed by atoms with van der Waals surface area (Å²) in [7, 11) is 1.86. The van der Waals surface area contributed by atoms with Crippen LogP contribution in [0.1, 0.15) is 0 Å². The Hall–Kier alpha value is -0.920. The molecule has 2 N–H and O–H groups in total. The van der Waals surface area contributed by atoms with E-state index in [-0.39, 0.29) is 0 Å². The van der Waals surface area contributed by atoms with Gasteiger partial charge in [-0.05, 0) is 12.1 Å². The molecule has 0 spiro atoms. The van der Waals surface area contributed by atoms with Crippen LogP contribution in [-0.4, -0.2) is 12.0 Å². The molecule has 0 aliphatic heterocycles. The monoisotopic (exact) mass is 95.1 g/mol. The summed E-state index contributed by atoms with van der Waals surface area (Å²) in [6, 6.07) is 3.74. The number of anilines is 1. The first-order chi connectivity index (χ1) is 3.43. The average Bonchev–Trinajstić information content (AvgIpc) is 2.14. The lowest BCUT2D eigenvalue weighted by molar-refractivity contribution is 1.34. The van der Waals surface area contributed by atoms with E-state index in [0.29, 0.717) is 0 Å². The smallest absolute Gasteiger partial charge is 0.103 e. The van der Waals surface area contributed by atoms with Gasteiger partial charge in [0.2, 0.25) is 0 Å². The van der Waals surface area contributed by atoms with Crippen molar-refractivity contribution in [2.24, 2.45) is 0 Å². The summed E-state index contributed by atoms with van der Waals surface area (Å²) in [5.41, 5.74) is 0. The van der Waals surface area contributed by atoms with Gasteiger partial charge in [-0.2, -0.15) is 0 Å². The number of hydrogen-bond donors (Lipinski definition) is 2. The molecular weight excluding hydrogens is 88.1 g/mol. The normalized spacial score (nSPS) is 8.71. The maximum atomic E-state index is 2.92. The molecule has 1 rings (SSSR count). The van der Waals surface area contributed by atoms with Gasteiger partial charge in [-0.1, -0.05) is 0 Å². The average molecular weight is 95.1 g/mol. The first kappa shape index (κ1) is 4.24. The predicted octanol–water partition coefficient (Wildman–Crippen LogP) is 0.857. The largest absolute Gasteiger partial charge is 0.375 e. The topological polar surface area (TPSA) is 27.8 Å². The fourth-order valence-electron chi connectivity index (χ4n) is 0.432. The Labute approximate surface area is 42.6 Å². The van der Waals surface area contributed by atoms with Crippen molar-refractivity contribution in [1.29, 1.82) is 0 Å². The molecule has 0 unspecified atom stereocenters. The first-order valence-electron chi connectivity index (χ1n) is 2.16. The molecule has 2 nitrogen and oxygen atoms in total. The summed E-state index contributed by atoms with van der Waals surface area (Å²) >= 11 is 0. The molecule has 0 saturated carbocycles. The zero-order valence-electron chi connectivity index (χ0n) is 4.15. The Balaban J connectivity index is 2.76. The van der Waals surface area contributed by atoms with Crippen LogP contribution in [-0.2, 0) is 0 Å². The van der Waals surface area contributed by atoms with Crippen LogP contribution in [0.3, 0.4) is 0 Å². The molecule has 1 heterocycles. The molecule has 1 aromatic heterocycles. The van der Waals surface area contributed by atoms with Crippen molar-refractivity contribution >= 4 is 5.82 Å². The highest BCUT2D eigenvalue weighted by atomic mass is 14.9. The minimum Gasteiger partial charge on any atom is -0.375 e. The minimum absolute atomic E-state index is 1.00. The second-order valence-electron chi connectivity index (χ2n) is 1.27. The summed E-state index contributed by atoms with van der Waals surface area (Å²) < 4.78 is 0. The van der Waals surface area contributed by atoms with Crippen LogP contribution < -0.4 is 5.32 Å². The van der Waals surface area contributed by atoms with E-state index < -0.39 is 0 Å². The molecule has 0 aliphatic carbocycles. The number of hydrogen-bond acceptors (Lipinski definition) is 1. The number of aromatic nitrogens is 1. The van der Waals surface area contributed by atoms with E-state index in [0.717, 1.165) is 5.82 Å². The van der Waals surface area contributed by atoms with E-state index in [1.165, 1.54) is 0 Å². The summed E-state index contributed by atoms with van der Waals surface area (Å²) in [6.07, 6.45) is 2.79. The molecule has 0 aliphatic rings. The Bertz CT molecular complexity index is 121. The van der Waals surface area contributed by atoms with E-state index in [9.17, 15) is 0 Å². The summed E-state index contributed by atoms with van der Waals surface area (Å²) in [4.78, 5) is 2.85. The van der Waals surface area contributed by atoms with Gasteiger partial charge < -0.3 is 10.3 Å². The molecule has 0 fully saturated rings. The fraction of sp³-hybridized carbons (Fsp3) is 0.200. The zero-order chi connectivity index (χ0) is 5.11. The number of aromatic amines is 1. The third-order valence-corrected chi connectivity index (χ3v) is 0.810. The van der Waals surface area contributed by atoms with E-state index in [1.54, 1.807) is 0 Å². The van der Waals surface area contributed by atoms with Crippen molar-refractivity contribution in [2.75, 3.05) is 12.4 Å². The lowest BCUT2D eigenvalue weighted by Gasteiger charge is -1.87. The van der Waals surface area contributed by atoms with Crippen LogP contribution in [0, 0.1) is 6.20 Å². The van der Waals surface area contributed by atoms with Gasteiger partial charge in [-0.3, -0.25) is 0 Å². The molecule has 2 heteroatoms. The third-order valence-electron chi connectivity index (χ3n) is 0.810. The van der Waals surface area contributed by atoms with Crippen LogP contribution in [0.5, 0.6) is 0 Å². The molecule has 1 radical (unpaired) electrons. The quantitative estimate of drug-likeness (QED) is 0.532. The molecule has 0 saturated heterocycles. The Kier molecular flexibility index (Phi) is 1.02. The summed E-state index contributed by atoms with van der Waals surface area (Å²) in [5.74, 6) is 1.00. The Morgan fingerprint density at radius 2 is 2.71 bits per heavy atom. The maximum Gasteiger partial charge on any atom is 0.103 e. The van der Waals surface area contributed by atoms with Crippen LogP contribution in [0.4, 0.5) is 5.82 Å². The molecule has 7 heavy (non-hydrogen) atoms. The molecule has 1 aromatic rings. The first-order valence-corrected chi connectivity index (χ1v) is 2.16. The number of H-pyrrole nitrogens is 1. The minimum atomic E-state index is 1.00. The summed E-state index contributed by atoms with van der Waals surface area (Å²) in [5, 5.41) is 2.92. The SMILES string of the molecule is CNc1cc[c][nH]1. The van der Waals surface area contributed by atoms with Crippen molar-refractivity contribution in [1.82, 2.24) is 4.98 Å². The Morgan fingerprint density at radius 3 is 3.00 bits per heavy atom. The molecule has 37 valence electrons. The van der Waals surface area contributed by atoms with E-state index in [4.69, 9.17) is 0 Å². The van der Waals surface area contributed by atoms with Crippen molar-refractivity contribution in [3.8, 4) is 0 Å². The molecule has 0 bridgehead atoms. The van der Waals surface area contributed by atoms with Crippen LogP contribution >= 0.6 is 0 Å². The van der Waals surface area contributed by atoms with E-state index in [2.05, 4.69) is 16.5 Å². The van der Waals surface area contributed by atoms with Crippen molar-refractivity contribution in [3.63, 3.8) is 0 Å². The number of nitrogens with one attached hydrogen (secondary N) is 2. The standard InChI is InChI=1S/C5H7N2/c1-6-5-3-2-4-7-5/h2-3,6-7H,1H3. The van der Waals surface area contributed by atoms with Gasteiger partial charge >= 0.3 is 0 Å². The van der Waals surface area contributed by atoms with Crippen LogP contribution in [0.25, 0.3) is 0 Å². The van der Waals surface area contributed by atoms with E-state index in [1.807, 2.05) is 19.2 Å². The second kappa shape index (κ2) is 1.69. The molecule has 0 atom stereocenters. The van der Waals surface area contributed by atoms with Crippen molar-refractivity contribution in [3.05, 3.63) is 18.3 Å². The van der Waals surface area contributed by atoms with Gasteiger partial charge in [0.15, 0.2) is 0 Å². The highest BCUT2D eigenvalue weighted by Crippen LogP contribution is 1.96. The molecule has 0 amide bonds. The lowest BCUT2D eigenvalue weighted by atomic mass is 10.6. The fourth-order valence-corrected chi connectivity index (χ4v) is 0.432. The maximum absolute atomic E-state index is 2.92. The van der Waals surface area contributed by atoms with Gasteiger partial charge in [0, 0.05) is 7.05 Å². The molecular formula is C5H7N2. The van der Waals surface area contributed by atoms with Crippen LogP contribution in [0.2, 0.25) is 0 Å². The highest BCUT2D eigenvalue weighted by Gasteiger charge is 1.79. The highest BCUT2D eigenvalue weighted by molar-refractivity contribution is 5.32. The summed E-state index contributed by atoms with van der Waals surface area (Å²) in [6.45, 7) is 0. The predicted molar refractivity (Wildman–Crippen MR) is 29.2 cm³/mol. The zero-order valence-corrected chi connectivity index (χ0v) is 4.15. The van der Waals surface area contributed by atoms with E-state index >= 15 is 0 Å². The number of rotatable bonds is 1. The van der Waals surface area contributed by atoms with Gasteiger partial charge in [0.25, 0.3) is 0 Å². The van der Waals surface area contributed by atoms with Crippen molar-refractivity contribution in [2.45, 2.75) is 0 Å². The molecule has 0 aromatic carbocycles. The third kappa shape index (κ3) is 0.738. The Morgan fingerprint density at radius 1 is 1.86 bits per heavy atom. The van der Waals surface area contributed by atoms with Gasteiger partial charge in [-0.15, -0.1) is 0 Å².